The minimum absolute atomic E-state index is 0.0632. The van der Waals surface area contributed by atoms with Crippen LogP contribution in [-0.2, 0) is 4.79 Å². The highest BCUT2D eigenvalue weighted by molar-refractivity contribution is 5.88. The first-order chi connectivity index (χ1) is 13.2. The van der Waals surface area contributed by atoms with Gasteiger partial charge in [0.25, 0.3) is 0 Å². The average molecular weight is 362 g/mol. The maximum atomic E-state index is 11.0. The lowest BCUT2D eigenvalue weighted by Gasteiger charge is -2.31. The molecule has 140 valence electrons. The van der Waals surface area contributed by atoms with Crippen LogP contribution in [0.1, 0.15) is 31.7 Å². The van der Waals surface area contributed by atoms with E-state index in [9.17, 15) is 4.79 Å². The maximum absolute atomic E-state index is 11.0. The highest BCUT2D eigenvalue weighted by atomic mass is 16.5. The van der Waals surface area contributed by atoms with E-state index in [1.54, 1.807) is 0 Å². The summed E-state index contributed by atoms with van der Waals surface area (Å²) >= 11 is 0. The van der Waals surface area contributed by atoms with Gasteiger partial charge in [0.05, 0.1) is 0 Å². The van der Waals surface area contributed by atoms with Gasteiger partial charge in [0, 0.05) is 44.2 Å². The lowest BCUT2D eigenvalue weighted by atomic mass is 10.1. The van der Waals surface area contributed by atoms with Crippen molar-refractivity contribution in [1.29, 1.82) is 0 Å². The Morgan fingerprint density at radius 3 is 2.48 bits per heavy atom. The molecular weight excluding hydrogens is 336 g/mol. The second-order valence-corrected chi connectivity index (χ2v) is 6.78. The molecule has 1 N–H and O–H groups in total. The number of amides is 1. The number of ether oxygens (including phenoxy) is 1. The van der Waals surface area contributed by atoms with E-state index in [0.29, 0.717) is 6.10 Å². The van der Waals surface area contributed by atoms with Crippen LogP contribution >= 0.6 is 0 Å². The smallest absolute Gasteiger partial charge is 0.221 e. The fourth-order valence-corrected chi connectivity index (χ4v) is 3.16. The Morgan fingerprint density at radius 2 is 1.81 bits per heavy atom. The highest BCUT2D eigenvalue weighted by Crippen LogP contribution is 2.18. The quantitative estimate of drug-likeness (QED) is 0.820. The highest BCUT2D eigenvalue weighted by Gasteiger charge is 2.19. The largest absolute Gasteiger partial charge is 0.490 e. The zero-order valence-corrected chi connectivity index (χ0v) is 15.8. The molecule has 2 aromatic carbocycles. The Bertz CT molecular complexity index is 783. The van der Waals surface area contributed by atoms with E-state index in [0.717, 1.165) is 55.9 Å². The number of hydrogen-bond donors (Lipinski definition) is 1. The van der Waals surface area contributed by atoms with Gasteiger partial charge in [-0.25, -0.2) is 0 Å². The number of anilines is 1. The number of para-hydroxylation sites is 1. The molecule has 1 aliphatic rings. The van der Waals surface area contributed by atoms with Gasteiger partial charge < -0.3 is 15.0 Å². The first-order valence-electron chi connectivity index (χ1n) is 9.49. The minimum atomic E-state index is -0.0632. The van der Waals surface area contributed by atoms with Crippen LogP contribution in [0.15, 0.2) is 54.6 Å². The molecule has 0 bridgehead atoms. The van der Waals surface area contributed by atoms with Crippen LogP contribution in [0, 0.1) is 11.8 Å². The third-order valence-corrected chi connectivity index (χ3v) is 4.57. The van der Waals surface area contributed by atoms with Crippen molar-refractivity contribution < 1.29 is 9.53 Å². The Kier molecular flexibility index (Phi) is 6.90. The maximum Gasteiger partial charge on any atom is 0.221 e. The molecule has 4 nitrogen and oxygen atoms in total. The Balaban J connectivity index is 1.37. The van der Waals surface area contributed by atoms with E-state index in [-0.39, 0.29) is 5.91 Å². The fourth-order valence-electron chi connectivity index (χ4n) is 3.16. The van der Waals surface area contributed by atoms with E-state index >= 15 is 0 Å². The van der Waals surface area contributed by atoms with Crippen LogP contribution in [-0.4, -0.2) is 36.5 Å². The summed E-state index contributed by atoms with van der Waals surface area (Å²) in [5.41, 5.74) is 1.77. The molecule has 1 heterocycles. The molecule has 4 heteroatoms. The van der Waals surface area contributed by atoms with Gasteiger partial charge in [0.1, 0.15) is 11.9 Å². The van der Waals surface area contributed by atoms with Crippen LogP contribution < -0.4 is 10.1 Å². The summed E-state index contributed by atoms with van der Waals surface area (Å²) in [5, 5.41) is 2.76. The molecule has 1 amide bonds. The Morgan fingerprint density at radius 1 is 1.11 bits per heavy atom. The number of nitrogens with zero attached hydrogens (tertiary/aromatic N) is 1. The van der Waals surface area contributed by atoms with Crippen molar-refractivity contribution in [2.24, 2.45) is 0 Å². The first kappa shape index (κ1) is 19.0. The van der Waals surface area contributed by atoms with Gasteiger partial charge in [-0.3, -0.25) is 4.79 Å². The second-order valence-electron chi connectivity index (χ2n) is 6.78. The standard InChI is InChI=1S/C23H26N2O2/c1-19(26)24-21-12-10-20(11-13-21)7-5-6-16-25-17-14-23(15-18-25)27-22-8-3-2-4-9-22/h2-4,8-13,23H,6,14-18H2,1H3,(H,24,26). The summed E-state index contributed by atoms with van der Waals surface area (Å²) in [6, 6.07) is 17.7. The van der Waals surface area contributed by atoms with Crippen LogP contribution in [0.3, 0.4) is 0 Å². The summed E-state index contributed by atoms with van der Waals surface area (Å²) in [6.45, 7) is 4.62. The summed E-state index contributed by atoms with van der Waals surface area (Å²) in [6.07, 6.45) is 3.30. The topological polar surface area (TPSA) is 41.6 Å². The number of rotatable bonds is 5. The number of carbonyl (C=O) groups is 1. The van der Waals surface area contributed by atoms with E-state index in [2.05, 4.69) is 22.1 Å². The molecule has 3 rings (SSSR count). The van der Waals surface area contributed by atoms with Gasteiger partial charge in [0.2, 0.25) is 5.91 Å². The lowest BCUT2D eigenvalue weighted by molar-refractivity contribution is -0.114. The van der Waals surface area contributed by atoms with E-state index in [1.807, 2.05) is 54.6 Å². The number of benzene rings is 2. The predicted molar refractivity (Wildman–Crippen MR) is 109 cm³/mol. The van der Waals surface area contributed by atoms with Gasteiger partial charge in [-0.1, -0.05) is 30.0 Å². The summed E-state index contributed by atoms with van der Waals surface area (Å²) in [7, 11) is 0. The molecule has 27 heavy (non-hydrogen) atoms. The number of hydrogen-bond acceptors (Lipinski definition) is 3. The van der Waals surface area contributed by atoms with Crippen molar-refractivity contribution in [2.45, 2.75) is 32.3 Å². The van der Waals surface area contributed by atoms with Gasteiger partial charge in [-0.2, -0.15) is 0 Å². The summed E-state index contributed by atoms with van der Waals surface area (Å²) in [5.74, 6) is 7.34. The molecule has 1 saturated heterocycles. The minimum Gasteiger partial charge on any atom is -0.490 e. The molecule has 2 aromatic rings. The van der Waals surface area contributed by atoms with Gasteiger partial charge in [-0.05, 0) is 49.2 Å². The molecule has 0 atom stereocenters. The van der Waals surface area contributed by atoms with Gasteiger partial charge in [-0.15, -0.1) is 0 Å². The van der Waals surface area contributed by atoms with Crippen LogP contribution in [0.2, 0.25) is 0 Å². The Labute approximate surface area is 161 Å². The second kappa shape index (κ2) is 9.80. The number of piperidine rings is 1. The third-order valence-electron chi connectivity index (χ3n) is 4.57. The molecule has 1 aliphatic heterocycles. The molecule has 0 aliphatic carbocycles. The summed E-state index contributed by atoms with van der Waals surface area (Å²) < 4.78 is 6.04. The van der Waals surface area contributed by atoms with Crippen molar-refractivity contribution in [2.75, 3.05) is 25.0 Å². The zero-order valence-electron chi connectivity index (χ0n) is 15.8. The van der Waals surface area contributed by atoms with Crippen molar-refractivity contribution in [3.63, 3.8) is 0 Å². The SMILES string of the molecule is CC(=O)Nc1ccc(C#CCCN2CCC(Oc3ccccc3)CC2)cc1. The fraction of sp³-hybridized carbons (Fsp3) is 0.348. The van der Waals surface area contributed by atoms with Crippen LogP contribution in [0.25, 0.3) is 0 Å². The van der Waals surface area contributed by atoms with Crippen molar-refractivity contribution in [1.82, 2.24) is 4.90 Å². The van der Waals surface area contributed by atoms with Crippen molar-refractivity contribution in [3.8, 4) is 17.6 Å². The molecule has 0 aromatic heterocycles. The predicted octanol–water partition coefficient (Wildman–Crippen LogP) is 3.93. The monoisotopic (exact) mass is 362 g/mol. The lowest BCUT2D eigenvalue weighted by Crippen LogP contribution is -2.38. The van der Waals surface area contributed by atoms with E-state index in [1.165, 1.54) is 6.92 Å². The van der Waals surface area contributed by atoms with Gasteiger partial charge in [0.15, 0.2) is 0 Å². The number of likely N-dealkylation sites (tertiary alicyclic amines) is 1. The zero-order chi connectivity index (χ0) is 18.9. The first-order valence-corrected chi connectivity index (χ1v) is 9.49. The summed E-state index contributed by atoms with van der Waals surface area (Å²) in [4.78, 5) is 13.5. The molecule has 0 unspecified atom stereocenters. The van der Waals surface area contributed by atoms with E-state index < -0.39 is 0 Å². The van der Waals surface area contributed by atoms with E-state index in [4.69, 9.17) is 4.74 Å². The average Bonchev–Trinajstić information content (AvgIpc) is 2.68. The van der Waals surface area contributed by atoms with Crippen molar-refractivity contribution >= 4 is 11.6 Å². The molecular formula is C23H26N2O2. The molecule has 0 saturated carbocycles. The Hall–Kier alpha value is -2.77. The van der Waals surface area contributed by atoms with Crippen molar-refractivity contribution in [3.05, 3.63) is 60.2 Å². The van der Waals surface area contributed by atoms with Crippen LogP contribution in [0.5, 0.6) is 5.75 Å². The molecule has 1 fully saturated rings. The van der Waals surface area contributed by atoms with Gasteiger partial charge >= 0.3 is 0 Å². The molecule has 0 spiro atoms. The van der Waals surface area contributed by atoms with Crippen LogP contribution in [0.4, 0.5) is 5.69 Å². The number of nitrogens with one attached hydrogen (secondary N) is 1. The molecule has 0 radical (unpaired) electrons. The number of carbonyl (C=O) groups excluding carboxylic acids is 1. The normalized spacial score (nSPS) is 14.9. The third kappa shape index (κ3) is 6.47.